The Morgan fingerprint density at radius 2 is 2.24 bits per heavy atom. The van der Waals surface area contributed by atoms with Gasteiger partial charge in [0.1, 0.15) is 17.4 Å². The number of benzene rings is 1. The van der Waals surface area contributed by atoms with Gasteiger partial charge in [0.15, 0.2) is 17.3 Å². The predicted octanol–water partition coefficient (Wildman–Crippen LogP) is 3.59. The number of nitrogens with zero attached hydrogens (tertiary/aromatic N) is 2. The van der Waals surface area contributed by atoms with E-state index in [1.165, 1.54) is 13.2 Å². The highest BCUT2D eigenvalue weighted by atomic mass is 35.5. The first-order chi connectivity index (χ1) is 12.0. The average molecular weight is 362 g/mol. The normalized spacial score (nSPS) is 10.9. The van der Waals surface area contributed by atoms with E-state index >= 15 is 0 Å². The highest BCUT2D eigenvalue weighted by Crippen LogP contribution is 2.37. The van der Waals surface area contributed by atoms with Gasteiger partial charge in [0.25, 0.3) is 5.91 Å². The second-order valence-electron chi connectivity index (χ2n) is 4.91. The fourth-order valence-corrected chi connectivity index (χ4v) is 2.31. The zero-order valence-corrected chi connectivity index (χ0v) is 14.7. The number of aromatic nitrogens is 1. The lowest BCUT2D eigenvalue weighted by Gasteiger charge is -2.12. The van der Waals surface area contributed by atoms with Crippen LogP contribution in [0.5, 0.6) is 11.5 Å². The number of halogens is 1. The Kier molecular flexibility index (Phi) is 6.03. The van der Waals surface area contributed by atoms with E-state index in [2.05, 4.69) is 10.5 Å². The SMILES string of the molecule is CCOc1c(Cl)cc(/C=C(/C#N)C(=O)Nc2cc(C)on2)cc1OC. The van der Waals surface area contributed by atoms with Gasteiger partial charge >= 0.3 is 0 Å². The summed E-state index contributed by atoms with van der Waals surface area (Å²) in [6.07, 6.45) is 1.40. The molecule has 0 aliphatic carbocycles. The molecular weight excluding hydrogens is 346 g/mol. The van der Waals surface area contributed by atoms with Crippen LogP contribution in [0.2, 0.25) is 5.02 Å². The second kappa shape index (κ2) is 8.22. The van der Waals surface area contributed by atoms with Crippen molar-refractivity contribution in [3.05, 3.63) is 40.1 Å². The zero-order chi connectivity index (χ0) is 18.4. The number of nitriles is 1. The third-order valence-electron chi connectivity index (χ3n) is 3.09. The molecule has 1 aromatic heterocycles. The molecule has 0 radical (unpaired) electrons. The van der Waals surface area contributed by atoms with Crippen LogP contribution < -0.4 is 14.8 Å². The Hall–Kier alpha value is -2.98. The summed E-state index contributed by atoms with van der Waals surface area (Å²) in [5.74, 6) is 0.974. The highest BCUT2D eigenvalue weighted by Gasteiger charge is 2.15. The maximum Gasteiger partial charge on any atom is 0.267 e. The van der Waals surface area contributed by atoms with E-state index in [9.17, 15) is 10.1 Å². The van der Waals surface area contributed by atoms with Crippen LogP contribution in [0.25, 0.3) is 6.08 Å². The molecule has 0 unspecified atom stereocenters. The van der Waals surface area contributed by atoms with Gasteiger partial charge in [-0.15, -0.1) is 0 Å². The molecule has 0 bridgehead atoms. The monoisotopic (exact) mass is 361 g/mol. The molecule has 1 N–H and O–H groups in total. The van der Waals surface area contributed by atoms with Crippen LogP contribution >= 0.6 is 11.6 Å². The number of carbonyl (C=O) groups excluding carboxylic acids is 1. The number of rotatable bonds is 6. The Morgan fingerprint density at radius 3 is 2.80 bits per heavy atom. The van der Waals surface area contributed by atoms with Gasteiger partial charge in [0.2, 0.25) is 0 Å². The number of anilines is 1. The number of carbonyl (C=O) groups is 1. The summed E-state index contributed by atoms with van der Waals surface area (Å²) in [6.45, 7) is 3.94. The fourth-order valence-electron chi connectivity index (χ4n) is 2.03. The van der Waals surface area contributed by atoms with Crippen molar-refractivity contribution in [2.24, 2.45) is 0 Å². The van der Waals surface area contributed by atoms with Crippen LogP contribution in [0, 0.1) is 18.3 Å². The highest BCUT2D eigenvalue weighted by molar-refractivity contribution is 6.32. The number of amides is 1. The van der Waals surface area contributed by atoms with Crippen LogP contribution in [-0.4, -0.2) is 24.8 Å². The van der Waals surface area contributed by atoms with E-state index in [-0.39, 0.29) is 11.4 Å². The Balaban J connectivity index is 2.31. The molecule has 0 aliphatic heterocycles. The molecule has 8 heteroatoms. The smallest absolute Gasteiger partial charge is 0.267 e. The first-order valence-electron chi connectivity index (χ1n) is 7.35. The molecule has 2 rings (SSSR count). The quantitative estimate of drug-likeness (QED) is 0.623. The first-order valence-corrected chi connectivity index (χ1v) is 7.73. The van der Waals surface area contributed by atoms with Crippen molar-refractivity contribution in [2.45, 2.75) is 13.8 Å². The first kappa shape index (κ1) is 18.4. The van der Waals surface area contributed by atoms with Gasteiger partial charge in [-0.05, 0) is 37.6 Å². The second-order valence-corrected chi connectivity index (χ2v) is 5.32. The van der Waals surface area contributed by atoms with Crippen LogP contribution in [0.4, 0.5) is 5.82 Å². The lowest BCUT2D eigenvalue weighted by atomic mass is 10.1. The van der Waals surface area contributed by atoms with Crippen molar-refractivity contribution in [2.75, 3.05) is 19.0 Å². The van der Waals surface area contributed by atoms with Crippen molar-refractivity contribution in [3.8, 4) is 17.6 Å². The van der Waals surface area contributed by atoms with Crippen molar-refractivity contribution in [1.82, 2.24) is 5.16 Å². The van der Waals surface area contributed by atoms with Gasteiger partial charge in [-0.1, -0.05) is 16.8 Å². The van der Waals surface area contributed by atoms with E-state index in [1.54, 1.807) is 25.1 Å². The van der Waals surface area contributed by atoms with Gasteiger partial charge in [-0.2, -0.15) is 5.26 Å². The number of hydrogen-bond donors (Lipinski definition) is 1. The molecule has 1 heterocycles. The van der Waals surface area contributed by atoms with E-state index in [0.717, 1.165) is 0 Å². The molecule has 25 heavy (non-hydrogen) atoms. The Labute approximate surface area is 149 Å². The van der Waals surface area contributed by atoms with E-state index < -0.39 is 5.91 Å². The summed E-state index contributed by atoms with van der Waals surface area (Å²) in [7, 11) is 1.48. The lowest BCUT2D eigenvalue weighted by molar-refractivity contribution is -0.112. The van der Waals surface area contributed by atoms with Crippen molar-refractivity contribution in [1.29, 1.82) is 5.26 Å². The van der Waals surface area contributed by atoms with E-state index in [0.29, 0.717) is 34.5 Å². The zero-order valence-electron chi connectivity index (χ0n) is 13.9. The minimum Gasteiger partial charge on any atom is -0.493 e. The summed E-state index contributed by atoms with van der Waals surface area (Å²) < 4.78 is 15.5. The molecule has 130 valence electrons. The molecule has 1 aromatic carbocycles. The summed E-state index contributed by atoms with van der Waals surface area (Å²) in [6, 6.07) is 6.60. The minimum atomic E-state index is -0.611. The molecule has 0 saturated heterocycles. The van der Waals surface area contributed by atoms with Crippen molar-refractivity contribution in [3.63, 3.8) is 0 Å². The van der Waals surface area contributed by atoms with Gasteiger partial charge in [0.05, 0.1) is 18.7 Å². The van der Waals surface area contributed by atoms with Crippen LogP contribution in [0.1, 0.15) is 18.2 Å². The fraction of sp³-hybridized carbons (Fsp3) is 0.235. The molecular formula is C17H16ClN3O4. The van der Waals surface area contributed by atoms with E-state index in [4.69, 9.17) is 25.6 Å². The molecule has 2 aromatic rings. The Bertz CT molecular complexity index is 852. The average Bonchev–Trinajstić information content (AvgIpc) is 2.99. The van der Waals surface area contributed by atoms with Crippen LogP contribution in [0.15, 0.2) is 28.3 Å². The van der Waals surface area contributed by atoms with Gasteiger partial charge in [-0.3, -0.25) is 4.79 Å². The summed E-state index contributed by atoms with van der Waals surface area (Å²) >= 11 is 6.19. The molecule has 7 nitrogen and oxygen atoms in total. The molecule has 0 atom stereocenters. The minimum absolute atomic E-state index is 0.122. The van der Waals surface area contributed by atoms with Crippen LogP contribution in [-0.2, 0) is 4.79 Å². The summed E-state index contributed by atoms with van der Waals surface area (Å²) in [5, 5.41) is 15.7. The number of methoxy groups -OCH3 is 1. The van der Waals surface area contributed by atoms with Crippen molar-refractivity contribution >= 4 is 29.4 Å². The maximum atomic E-state index is 12.2. The standard InChI is InChI=1S/C17H16ClN3O4/c1-4-24-16-13(18)7-11(8-14(16)23-3)6-12(9-19)17(22)20-15-5-10(2)25-21-15/h5-8H,4H2,1-3H3,(H,20,21,22)/b12-6-. The number of aryl methyl sites for hydroxylation is 1. The number of nitrogens with one attached hydrogen (secondary N) is 1. The summed E-state index contributed by atoms with van der Waals surface area (Å²) in [4.78, 5) is 12.2. The van der Waals surface area contributed by atoms with Crippen LogP contribution in [0.3, 0.4) is 0 Å². The molecule has 0 fully saturated rings. The molecule has 0 aliphatic rings. The lowest BCUT2D eigenvalue weighted by Crippen LogP contribution is -2.13. The number of ether oxygens (including phenoxy) is 2. The van der Waals surface area contributed by atoms with Crippen molar-refractivity contribution < 1.29 is 18.8 Å². The van der Waals surface area contributed by atoms with Gasteiger partial charge in [0, 0.05) is 6.07 Å². The summed E-state index contributed by atoms with van der Waals surface area (Å²) in [5.41, 5.74) is 0.399. The molecule has 0 saturated carbocycles. The third-order valence-corrected chi connectivity index (χ3v) is 3.37. The molecule has 1 amide bonds. The third kappa shape index (κ3) is 4.52. The number of hydrogen-bond acceptors (Lipinski definition) is 6. The van der Waals surface area contributed by atoms with E-state index in [1.807, 2.05) is 13.0 Å². The predicted molar refractivity (Wildman–Crippen MR) is 92.6 cm³/mol. The topological polar surface area (TPSA) is 97.4 Å². The maximum absolute atomic E-state index is 12.2. The van der Waals surface area contributed by atoms with Gasteiger partial charge in [-0.25, -0.2) is 0 Å². The molecule has 0 spiro atoms. The largest absolute Gasteiger partial charge is 0.493 e. The Morgan fingerprint density at radius 1 is 1.48 bits per heavy atom. The van der Waals surface area contributed by atoms with Gasteiger partial charge < -0.3 is 19.3 Å².